The van der Waals surface area contributed by atoms with Crippen LogP contribution in [0.3, 0.4) is 0 Å². The number of para-hydroxylation sites is 1. The molecule has 1 fully saturated rings. The van der Waals surface area contributed by atoms with Crippen molar-refractivity contribution in [3.05, 3.63) is 53.8 Å². The lowest BCUT2D eigenvalue weighted by Gasteiger charge is -2.17. The first kappa shape index (κ1) is 18.0. The topological polar surface area (TPSA) is 82.1 Å². The zero-order chi connectivity index (χ0) is 19.7. The maximum absolute atomic E-state index is 13.9. The van der Waals surface area contributed by atoms with Crippen molar-refractivity contribution in [3.8, 4) is 11.5 Å². The number of carbonyl (C=O) groups excluding carboxylic acids is 3. The van der Waals surface area contributed by atoms with Crippen molar-refractivity contribution in [3.63, 3.8) is 0 Å². The predicted octanol–water partition coefficient (Wildman–Crippen LogP) is 2.33. The monoisotopic (exact) mass is 385 g/mol. The summed E-state index contributed by atoms with van der Waals surface area (Å²) in [5.74, 6) is -1.72. The fourth-order valence-corrected chi connectivity index (χ4v) is 3.18. The molecule has 4 rings (SSSR count). The molecule has 1 atom stereocenters. The standard InChI is InChI=1S/C20H16FNO6/c21-14-3-1-2-4-15(14)22-9-13(8-19(22)24)20(25)26-10-16(23)12-5-6-17-18(7-12)28-11-27-17/h1-7,13H,8-11H2/t13-/m0/s1. The highest BCUT2D eigenvalue weighted by Gasteiger charge is 2.37. The van der Waals surface area contributed by atoms with Crippen molar-refractivity contribution in [1.29, 1.82) is 0 Å². The van der Waals surface area contributed by atoms with Crippen molar-refractivity contribution < 1.29 is 33.0 Å². The molecular formula is C20H16FNO6. The highest BCUT2D eigenvalue weighted by molar-refractivity contribution is 6.01. The molecule has 0 aliphatic carbocycles. The van der Waals surface area contributed by atoms with E-state index in [-0.39, 0.29) is 31.4 Å². The van der Waals surface area contributed by atoms with E-state index in [4.69, 9.17) is 14.2 Å². The minimum absolute atomic E-state index is 0.0107. The fraction of sp³-hybridized carbons (Fsp3) is 0.250. The second kappa shape index (κ2) is 7.30. The van der Waals surface area contributed by atoms with Gasteiger partial charge in [-0.05, 0) is 30.3 Å². The summed E-state index contributed by atoms with van der Waals surface area (Å²) < 4.78 is 29.4. The van der Waals surface area contributed by atoms with Gasteiger partial charge in [0.15, 0.2) is 23.9 Å². The Morgan fingerprint density at radius 1 is 1.14 bits per heavy atom. The van der Waals surface area contributed by atoms with E-state index in [0.717, 1.165) is 0 Å². The molecule has 2 aliphatic heterocycles. The number of hydrogen-bond donors (Lipinski definition) is 0. The Bertz CT molecular complexity index is 959. The summed E-state index contributed by atoms with van der Waals surface area (Å²) >= 11 is 0. The Balaban J connectivity index is 1.36. The number of fused-ring (bicyclic) bond motifs is 1. The summed E-state index contributed by atoms with van der Waals surface area (Å²) in [6.07, 6.45) is -0.0919. The van der Waals surface area contributed by atoms with Crippen molar-refractivity contribution in [1.82, 2.24) is 0 Å². The van der Waals surface area contributed by atoms with Crippen LogP contribution in [0.2, 0.25) is 0 Å². The van der Waals surface area contributed by atoms with Crippen molar-refractivity contribution in [2.75, 3.05) is 24.8 Å². The predicted molar refractivity (Wildman–Crippen MR) is 94.7 cm³/mol. The van der Waals surface area contributed by atoms with Gasteiger partial charge >= 0.3 is 5.97 Å². The number of rotatable bonds is 5. The molecule has 7 nitrogen and oxygen atoms in total. The minimum atomic E-state index is -0.753. The molecule has 0 radical (unpaired) electrons. The number of hydrogen-bond acceptors (Lipinski definition) is 6. The van der Waals surface area contributed by atoms with Crippen LogP contribution in [0.1, 0.15) is 16.8 Å². The first-order valence-corrected chi connectivity index (χ1v) is 8.67. The van der Waals surface area contributed by atoms with E-state index in [1.54, 1.807) is 18.2 Å². The van der Waals surface area contributed by atoms with Crippen LogP contribution < -0.4 is 14.4 Å². The van der Waals surface area contributed by atoms with Crippen LogP contribution in [0.4, 0.5) is 10.1 Å². The molecule has 144 valence electrons. The summed E-state index contributed by atoms with van der Waals surface area (Å²) in [5.41, 5.74) is 0.451. The average molecular weight is 385 g/mol. The van der Waals surface area contributed by atoms with Gasteiger partial charge in [0.1, 0.15) is 5.82 Å². The molecule has 0 aromatic heterocycles. The van der Waals surface area contributed by atoms with E-state index in [1.165, 1.54) is 29.2 Å². The van der Waals surface area contributed by atoms with Crippen LogP contribution in [0.5, 0.6) is 11.5 Å². The Morgan fingerprint density at radius 3 is 2.75 bits per heavy atom. The number of halogens is 1. The highest BCUT2D eigenvalue weighted by Crippen LogP contribution is 2.32. The Hall–Kier alpha value is -3.42. The smallest absolute Gasteiger partial charge is 0.311 e. The Morgan fingerprint density at radius 2 is 1.93 bits per heavy atom. The second-order valence-corrected chi connectivity index (χ2v) is 6.46. The van der Waals surface area contributed by atoms with Gasteiger partial charge in [0.05, 0.1) is 11.6 Å². The van der Waals surface area contributed by atoms with Gasteiger partial charge in [-0.3, -0.25) is 14.4 Å². The van der Waals surface area contributed by atoms with E-state index in [0.29, 0.717) is 17.1 Å². The highest BCUT2D eigenvalue weighted by atomic mass is 19.1. The number of ketones is 1. The largest absolute Gasteiger partial charge is 0.457 e. The number of anilines is 1. The van der Waals surface area contributed by atoms with Gasteiger partial charge in [0.2, 0.25) is 12.7 Å². The molecular weight excluding hydrogens is 369 g/mol. The van der Waals surface area contributed by atoms with Crippen molar-refractivity contribution >= 4 is 23.3 Å². The molecule has 0 bridgehead atoms. The molecule has 28 heavy (non-hydrogen) atoms. The van der Waals surface area contributed by atoms with Crippen molar-refractivity contribution in [2.24, 2.45) is 5.92 Å². The zero-order valence-electron chi connectivity index (χ0n) is 14.7. The lowest BCUT2D eigenvalue weighted by atomic mass is 10.1. The molecule has 0 N–H and O–H groups in total. The fourth-order valence-electron chi connectivity index (χ4n) is 3.18. The summed E-state index contributed by atoms with van der Waals surface area (Å²) in [6.45, 7) is -0.351. The number of amides is 1. The van der Waals surface area contributed by atoms with E-state index in [9.17, 15) is 18.8 Å². The molecule has 2 aliphatic rings. The number of Topliss-reactive ketones (excluding diaryl/α,β-unsaturated/α-hetero) is 1. The van der Waals surface area contributed by atoms with Crippen LogP contribution in [-0.2, 0) is 14.3 Å². The van der Waals surface area contributed by atoms with Gasteiger partial charge in [-0.1, -0.05) is 12.1 Å². The number of ether oxygens (including phenoxy) is 3. The molecule has 0 unspecified atom stereocenters. The molecule has 0 spiro atoms. The van der Waals surface area contributed by atoms with Crippen LogP contribution in [0.25, 0.3) is 0 Å². The lowest BCUT2D eigenvalue weighted by Crippen LogP contribution is -2.27. The van der Waals surface area contributed by atoms with Crippen LogP contribution in [0, 0.1) is 11.7 Å². The van der Waals surface area contributed by atoms with Gasteiger partial charge in [0.25, 0.3) is 0 Å². The van der Waals surface area contributed by atoms with Crippen LogP contribution in [0.15, 0.2) is 42.5 Å². The summed E-state index contributed by atoms with van der Waals surface area (Å²) in [5, 5.41) is 0. The Kier molecular flexibility index (Phi) is 4.68. The first-order valence-electron chi connectivity index (χ1n) is 8.67. The normalized spacial score (nSPS) is 17.7. The number of carbonyl (C=O) groups is 3. The summed E-state index contributed by atoms with van der Waals surface area (Å²) in [7, 11) is 0. The van der Waals surface area contributed by atoms with E-state index in [1.807, 2.05) is 0 Å². The summed E-state index contributed by atoms with van der Waals surface area (Å²) in [4.78, 5) is 37.9. The quantitative estimate of drug-likeness (QED) is 0.580. The molecule has 2 aromatic carbocycles. The maximum atomic E-state index is 13.9. The molecule has 8 heteroatoms. The third-order valence-corrected chi connectivity index (χ3v) is 4.64. The Labute approximate surface area is 159 Å². The zero-order valence-corrected chi connectivity index (χ0v) is 14.7. The SMILES string of the molecule is O=C(COC(=O)[C@H]1CC(=O)N(c2ccccc2F)C1)c1ccc2c(c1)OCO2. The average Bonchev–Trinajstić information content (AvgIpc) is 3.32. The molecule has 1 saturated heterocycles. The third kappa shape index (κ3) is 3.40. The van der Waals surface area contributed by atoms with Gasteiger partial charge < -0.3 is 19.1 Å². The van der Waals surface area contributed by atoms with Gasteiger partial charge in [-0.2, -0.15) is 0 Å². The second-order valence-electron chi connectivity index (χ2n) is 6.46. The lowest BCUT2D eigenvalue weighted by molar-refractivity contribution is -0.147. The molecule has 2 heterocycles. The number of nitrogens with zero attached hydrogens (tertiary/aromatic N) is 1. The van der Waals surface area contributed by atoms with Gasteiger partial charge in [-0.25, -0.2) is 4.39 Å². The number of benzene rings is 2. The van der Waals surface area contributed by atoms with Gasteiger partial charge in [0, 0.05) is 18.5 Å². The van der Waals surface area contributed by atoms with E-state index < -0.39 is 30.1 Å². The van der Waals surface area contributed by atoms with E-state index >= 15 is 0 Å². The summed E-state index contributed by atoms with van der Waals surface area (Å²) in [6, 6.07) is 10.6. The molecule has 1 amide bonds. The third-order valence-electron chi connectivity index (χ3n) is 4.64. The van der Waals surface area contributed by atoms with Gasteiger partial charge in [-0.15, -0.1) is 0 Å². The van der Waals surface area contributed by atoms with Crippen LogP contribution >= 0.6 is 0 Å². The maximum Gasteiger partial charge on any atom is 0.311 e. The molecule has 0 saturated carbocycles. The number of esters is 1. The van der Waals surface area contributed by atoms with Crippen LogP contribution in [-0.4, -0.2) is 37.6 Å². The first-order chi connectivity index (χ1) is 13.5. The molecule has 2 aromatic rings. The van der Waals surface area contributed by atoms with E-state index in [2.05, 4.69) is 0 Å². The van der Waals surface area contributed by atoms with Crippen molar-refractivity contribution in [2.45, 2.75) is 6.42 Å². The minimum Gasteiger partial charge on any atom is -0.457 e.